The van der Waals surface area contributed by atoms with Crippen LogP contribution in [0.4, 0.5) is 0 Å². The molecule has 1 rings (SSSR count). The van der Waals surface area contributed by atoms with Gasteiger partial charge in [0.25, 0.3) is 0 Å². The molecule has 0 spiro atoms. The highest BCUT2D eigenvalue weighted by Crippen LogP contribution is 2.24. The summed E-state index contributed by atoms with van der Waals surface area (Å²) in [5, 5.41) is 0. The lowest BCUT2D eigenvalue weighted by Crippen LogP contribution is -1.97. The molecule has 0 N–H and O–H groups in total. The van der Waals surface area contributed by atoms with E-state index in [0.717, 1.165) is 0 Å². The van der Waals surface area contributed by atoms with Crippen LogP contribution in [-0.4, -0.2) is 0 Å². The highest BCUT2D eigenvalue weighted by atomic mass is 14.1. The number of rotatable bonds is 1. The summed E-state index contributed by atoms with van der Waals surface area (Å²) in [4.78, 5) is 0. The molecule has 0 amide bonds. The third-order valence-electron chi connectivity index (χ3n) is 2.58. The van der Waals surface area contributed by atoms with Gasteiger partial charge in [-0.25, -0.2) is 0 Å². The van der Waals surface area contributed by atoms with Crippen LogP contribution in [0.1, 0.15) is 55.9 Å². The van der Waals surface area contributed by atoms with Gasteiger partial charge < -0.3 is 0 Å². The Morgan fingerprint density at radius 3 is 1.64 bits per heavy atom. The third kappa shape index (κ3) is 2.87. The fourth-order valence-corrected chi connectivity index (χ4v) is 1.86. The van der Waals surface area contributed by atoms with Crippen LogP contribution in [0.25, 0.3) is 0 Å². The van der Waals surface area contributed by atoms with Crippen LogP contribution < -0.4 is 0 Å². The first-order chi connectivity index (χ1) is 6.54. The van der Waals surface area contributed by atoms with E-state index in [1.807, 2.05) is 13.8 Å². The molecule has 0 nitrogen and oxygen atoms in total. The van der Waals surface area contributed by atoms with Gasteiger partial charge in [-0.1, -0.05) is 39.8 Å². The predicted octanol–water partition coefficient (Wildman–Crippen LogP) is 4.76. The van der Waals surface area contributed by atoms with Crippen molar-refractivity contribution in [3.63, 3.8) is 0 Å². The van der Waals surface area contributed by atoms with Crippen LogP contribution in [0.5, 0.6) is 0 Å². The summed E-state index contributed by atoms with van der Waals surface area (Å²) >= 11 is 0. The quantitative estimate of drug-likeness (QED) is 0.601. The van der Waals surface area contributed by atoms with Crippen molar-refractivity contribution in [2.45, 2.75) is 54.4 Å². The number of benzene rings is 1. The van der Waals surface area contributed by atoms with Gasteiger partial charge in [-0.15, -0.1) is 0 Å². The summed E-state index contributed by atoms with van der Waals surface area (Å²) in [6.45, 7) is 15.1. The van der Waals surface area contributed by atoms with E-state index in [2.05, 4.69) is 46.8 Å². The maximum absolute atomic E-state index is 2.26. The molecule has 0 bridgehead atoms. The van der Waals surface area contributed by atoms with Crippen LogP contribution in [0.15, 0.2) is 12.1 Å². The van der Waals surface area contributed by atoms with Crippen LogP contribution in [0, 0.1) is 20.8 Å². The first-order valence-corrected chi connectivity index (χ1v) is 5.60. The lowest BCUT2D eigenvalue weighted by Gasteiger charge is -2.15. The molecule has 0 aliphatic heterocycles. The average Bonchev–Trinajstić information content (AvgIpc) is 2.15. The molecule has 0 unspecified atom stereocenters. The fourth-order valence-electron chi connectivity index (χ4n) is 1.86. The topological polar surface area (TPSA) is 0 Å². The predicted molar refractivity (Wildman–Crippen MR) is 66.1 cm³/mol. The average molecular weight is 192 g/mol. The maximum Gasteiger partial charge on any atom is -0.0213 e. The van der Waals surface area contributed by atoms with Crippen LogP contribution in [0.2, 0.25) is 0 Å². The van der Waals surface area contributed by atoms with Crippen LogP contribution in [0.3, 0.4) is 0 Å². The smallest absolute Gasteiger partial charge is 0.0213 e. The van der Waals surface area contributed by atoms with Crippen molar-refractivity contribution >= 4 is 0 Å². The Morgan fingerprint density at radius 1 is 0.857 bits per heavy atom. The van der Waals surface area contributed by atoms with Gasteiger partial charge in [-0.05, 0) is 48.9 Å². The third-order valence-corrected chi connectivity index (χ3v) is 2.58. The molecule has 14 heavy (non-hydrogen) atoms. The summed E-state index contributed by atoms with van der Waals surface area (Å²) in [7, 11) is 0. The minimum atomic E-state index is 0.643. The molecule has 0 saturated heterocycles. The maximum atomic E-state index is 2.26. The molecule has 0 atom stereocenters. The molecule has 1 aromatic rings. The van der Waals surface area contributed by atoms with Gasteiger partial charge in [-0.3, -0.25) is 0 Å². The Morgan fingerprint density at radius 2 is 1.29 bits per heavy atom. The zero-order valence-electron chi connectivity index (χ0n) is 10.7. The van der Waals surface area contributed by atoms with Crippen molar-refractivity contribution in [1.29, 1.82) is 0 Å². The Bertz CT molecular complexity index is 282. The molecular formula is C14H24. The molecule has 0 heterocycles. The standard InChI is InChI=1S/C12H18.C2H6/c1-8(2)12-10(4)7-6-9(3)11(12)5;1-2/h6-8H,1-5H3;1-2H3. The molecule has 1 aromatic carbocycles. The number of hydrogen-bond acceptors (Lipinski definition) is 0. The van der Waals surface area contributed by atoms with Gasteiger partial charge in [0.15, 0.2) is 0 Å². The molecule has 0 heteroatoms. The lowest BCUT2D eigenvalue weighted by atomic mass is 9.91. The second kappa shape index (κ2) is 5.85. The highest BCUT2D eigenvalue weighted by Gasteiger charge is 2.07. The zero-order chi connectivity index (χ0) is 11.3. The summed E-state index contributed by atoms with van der Waals surface area (Å²) in [6, 6.07) is 4.42. The Balaban J connectivity index is 0.000000791. The van der Waals surface area contributed by atoms with E-state index in [1.165, 1.54) is 22.3 Å². The van der Waals surface area contributed by atoms with Gasteiger partial charge in [0.05, 0.1) is 0 Å². The van der Waals surface area contributed by atoms with Crippen molar-refractivity contribution in [3.8, 4) is 0 Å². The van der Waals surface area contributed by atoms with Gasteiger partial charge in [-0.2, -0.15) is 0 Å². The van der Waals surface area contributed by atoms with Crippen molar-refractivity contribution in [2.75, 3.05) is 0 Å². The Hall–Kier alpha value is -0.780. The second-order valence-corrected chi connectivity index (χ2v) is 3.89. The van der Waals surface area contributed by atoms with E-state index in [1.54, 1.807) is 0 Å². The molecular weight excluding hydrogens is 168 g/mol. The minimum Gasteiger partial charge on any atom is -0.0683 e. The number of hydrogen-bond donors (Lipinski definition) is 0. The summed E-state index contributed by atoms with van der Waals surface area (Å²) < 4.78 is 0. The molecule has 0 aliphatic rings. The van der Waals surface area contributed by atoms with Crippen molar-refractivity contribution in [3.05, 3.63) is 34.4 Å². The van der Waals surface area contributed by atoms with E-state index in [4.69, 9.17) is 0 Å². The van der Waals surface area contributed by atoms with E-state index in [9.17, 15) is 0 Å². The summed E-state index contributed by atoms with van der Waals surface area (Å²) in [6.07, 6.45) is 0. The first-order valence-electron chi connectivity index (χ1n) is 5.60. The Labute approximate surface area is 89.4 Å². The summed E-state index contributed by atoms with van der Waals surface area (Å²) in [5.41, 5.74) is 5.82. The van der Waals surface area contributed by atoms with E-state index in [-0.39, 0.29) is 0 Å². The van der Waals surface area contributed by atoms with Gasteiger partial charge in [0.1, 0.15) is 0 Å². The molecule has 0 radical (unpaired) electrons. The van der Waals surface area contributed by atoms with Crippen LogP contribution in [-0.2, 0) is 0 Å². The second-order valence-electron chi connectivity index (χ2n) is 3.89. The monoisotopic (exact) mass is 192 g/mol. The minimum absolute atomic E-state index is 0.643. The number of aryl methyl sites for hydroxylation is 2. The van der Waals surface area contributed by atoms with Crippen molar-refractivity contribution in [1.82, 2.24) is 0 Å². The summed E-state index contributed by atoms with van der Waals surface area (Å²) in [5.74, 6) is 0.643. The highest BCUT2D eigenvalue weighted by molar-refractivity contribution is 5.40. The normalized spacial score (nSPS) is 9.71. The molecule has 80 valence electrons. The Kier molecular flexibility index (Phi) is 5.52. The van der Waals surface area contributed by atoms with Crippen molar-refractivity contribution in [2.24, 2.45) is 0 Å². The molecule has 0 saturated carbocycles. The molecule has 0 aromatic heterocycles. The largest absolute Gasteiger partial charge is 0.0683 e. The van der Waals surface area contributed by atoms with Gasteiger partial charge in [0, 0.05) is 0 Å². The van der Waals surface area contributed by atoms with Gasteiger partial charge >= 0.3 is 0 Å². The first kappa shape index (κ1) is 13.2. The van der Waals surface area contributed by atoms with Crippen molar-refractivity contribution < 1.29 is 0 Å². The van der Waals surface area contributed by atoms with Gasteiger partial charge in [0.2, 0.25) is 0 Å². The fraction of sp³-hybridized carbons (Fsp3) is 0.571. The molecule has 0 aliphatic carbocycles. The van der Waals surface area contributed by atoms with Crippen LogP contribution >= 0.6 is 0 Å². The molecule has 0 fully saturated rings. The van der Waals surface area contributed by atoms with E-state index in [0.29, 0.717) is 5.92 Å². The van der Waals surface area contributed by atoms with E-state index >= 15 is 0 Å². The lowest BCUT2D eigenvalue weighted by molar-refractivity contribution is 0.843. The SMILES string of the molecule is CC.Cc1ccc(C)c(C(C)C)c1C. The van der Waals surface area contributed by atoms with E-state index < -0.39 is 0 Å². The zero-order valence-corrected chi connectivity index (χ0v) is 10.7.